The van der Waals surface area contributed by atoms with E-state index < -0.39 is 27.9 Å². The number of nitrogens with one attached hydrogen (secondary N) is 1. The van der Waals surface area contributed by atoms with Crippen LogP contribution in [0, 0.1) is 11.3 Å². The Labute approximate surface area is 132 Å². The molecule has 1 N–H and O–H groups in total. The summed E-state index contributed by atoms with van der Waals surface area (Å²) in [6.45, 7) is 0.500. The summed E-state index contributed by atoms with van der Waals surface area (Å²) in [5.41, 5.74) is -1.12. The molecule has 0 amide bonds. The van der Waals surface area contributed by atoms with E-state index in [1.54, 1.807) is 6.07 Å². The molecule has 1 atom stereocenters. The number of piperidine rings is 1. The van der Waals surface area contributed by atoms with Gasteiger partial charge in [-0.25, -0.2) is 17.7 Å². The number of alkyl halides is 3. The summed E-state index contributed by atoms with van der Waals surface area (Å²) in [7, 11) is -3.37. The van der Waals surface area contributed by atoms with Crippen LogP contribution in [0.15, 0.2) is 12.1 Å². The number of nitriles is 1. The van der Waals surface area contributed by atoms with Gasteiger partial charge in [-0.3, -0.25) is 0 Å². The second-order valence-electron chi connectivity index (χ2n) is 5.31. The first-order valence-electron chi connectivity index (χ1n) is 6.81. The second-order valence-corrected chi connectivity index (χ2v) is 7.29. The first-order chi connectivity index (χ1) is 10.6. The molecule has 1 aromatic rings. The minimum atomic E-state index is -4.62. The molecule has 10 heteroatoms. The van der Waals surface area contributed by atoms with Crippen LogP contribution in [-0.2, 0) is 16.2 Å². The normalized spacial score (nSPS) is 20.0. The van der Waals surface area contributed by atoms with Crippen molar-refractivity contribution in [2.45, 2.75) is 25.1 Å². The van der Waals surface area contributed by atoms with Crippen LogP contribution in [0.5, 0.6) is 0 Å². The van der Waals surface area contributed by atoms with Crippen LogP contribution in [0.2, 0.25) is 0 Å². The van der Waals surface area contributed by atoms with Gasteiger partial charge >= 0.3 is 6.18 Å². The summed E-state index contributed by atoms with van der Waals surface area (Å²) in [5.74, 6) is -0.178. The van der Waals surface area contributed by atoms with Crippen molar-refractivity contribution in [2.24, 2.45) is 0 Å². The van der Waals surface area contributed by atoms with E-state index in [0.717, 1.165) is 18.4 Å². The fourth-order valence-electron chi connectivity index (χ4n) is 2.37. The molecule has 1 aliphatic rings. The molecule has 0 aromatic carbocycles. The van der Waals surface area contributed by atoms with E-state index in [1.165, 1.54) is 4.31 Å². The van der Waals surface area contributed by atoms with Gasteiger partial charge in [0.05, 0.1) is 11.8 Å². The fourth-order valence-corrected chi connectivity index (χ4v) is 3.28. The standard InChI is InChI=1S/C13H15F3N4O2S/c1-23(21,22)20-6-2-3-10(8-20)18-12-9(7-17)4-5-11(19-12)13(14,15)16/h4-5,10H,2-3,6,8H2,1H3,(H,18,19)/t10-/m0/s1. The van der Waals surface area contributed by atoms with E-state index in [0.29, 0.717) is 19.4 Å². The van der Waals surface area contributed by atoms with Gasteiger partial charge in [-0.15, -0.1) is 0 Å². The molecule has 1 aliphatic heterocycles. The van der Waals surface area contributed by atoms with Crippen LogP contribution in [0.25, 0.3) is 0 Å². The average Bonchev–Trinajstić information content (AvgIpc) is 2.45. The SMILES string of the molecule is CS(=O)(=O)N1CCC[C@H](Nc2nc(C(F)(F)F)ccc2C#N)C1. The summed E-state index contributed by atoms with van der Waals surface area (Å²) < 4.78 is 62.6. The molecule has 23 heavy (non-hydrogen) atoms. The lowest BCUT2D eigenvalue weighted by Gasteiger charge is -2.31. The van der Waals surface area contributed by atoms with E-state index in [-0.39, 0.29) is 17.9 Å². The number of halogens is 3. The van der Waals surface area contributed by atoms with Gasteiger partial charge in [-0.2, -0.15) is 18.4 Å². The summed E-state index contributed by atoms with van der Waals surface area (Å²) in [6.07, 6.45) is -2.38. The minimum absolute atomic E-state index is 0.0190. The highest BCUT2D eigenvalue weighted by atomic mass is 32.2. The van der Waals surface area contributed by atoms with Crippen molar-refractivity contribution in [3.8, 4) is 6.07 Å². The third kappa shape index (κ3) is 4.33. The Morgan fingerprint density at radius 3 is 2.70 bits per heavy atom. The molecule has 0 unspecified atom stereocenters. The molecule has 2 heterocycles. The minimum Gasteiger partial charge on any atom is -0.365 e. The zero-order valence-corrected chi connectivity index (χ0v) is 13.1. The largest absolute Gasteiger partial charge is 0.433 e. The quantitative estimate of drug-likeness (QED) is 0.900. The number of anilines is 1. The summed E-state index contributed by atoms with van der Waals surface area (Å²) in [5, 5.41) is 11.8. The summed E-state index contributed by atoms with van der Waals surface area (Å²) >= 11 is 0. The molecular weight excluding hydrogens is 333 g/mol. The molecule has 0 aliphatic carbocycles. The van der Waals surface area contributed by atoms with Crippen LogP contribution in [0.4, 0.5) is 19.0 Å². The number of aromatic nitrogens is 1. The Morgan fingerprint density at radius 1 is 1.43 bits per heavy atom. The number of pyridine rings is 1. The molecule has 0 radical (unpaired) electrons. The van der Waals surface area contributed by atoms with E-state index in [1.807, 2.05) is 0 Å². The third-order valence-corrected chi connectivity index (χ3v) is 4.77. The maximum absolute atomic E-state index is 12.7. The Hall–Kier alpha value is -1.86. The fraction of sp³-hybridized carbons (Fsp3) is 0.538. The van der Waals surface area contributed by atoms with Gasteiger partial charge < -0.3 is 5.32 Å². The van der Waals surface area contributed by atoms with Crippen LogP contribution < -0.4 is 5.32 Å². The zero-order valence-electron chi connectivity index (χ0n) is 12.3. The second kappa shape index (κ2) is 6.33. The highest BCUT2D eigenvalue weighted by Gasteiger charge is 2.33. The zero-order chi connectivity index (χ0) is 17.3. The van der Waals surface area contributed by atoms with E-state index in [4.69, 9.17) is 5.26 Å². The predicted octanol–water partition coefficient (Wildman–Crippen LogP) is 1.81. The Morgan fingerprint density at radius 2 is 2.13 bits per heavy atom. The highest BCUT2D eigenvalue weighted by Crippen LogP contribution is 2.30. The first-order valence-corrected chi connectivity index (χ1v) is 8.66. The lowest BCUT2D eigenvalue weighted by Crippen LogP contribution is -2.44. The van der Waals surface area contributed by atoms with Crippen molar-refractivity contribution in [2.75, 3.05) is 24.7 Å². The van der Waals surface area contributed by atoms with Gasteiger partial charge in [0.1, 0.15) is 17.6 Å². The number of hydrogen-bond donors (Lipinski definition) is 1. The van der Waals surface area contributed by atoms with E-state index in [9.17, 15) is 21.6 Å². The number of sulfonamides is 1. The van der Waals surface area contributed by atoms with E-state index in [2.05, 4.69) is 10.3 Å². The first kappa shape index (κ1) is 17.5. The van der Waals surface area contributed by atoms with Crippen LogP contribution in [0.1, 0.15) is 24.1 Å². The van der Waals surface area contributed by atoms with Gasteiger partial charge in [0.25, 0.3) is 0 Å². The average molecular weight is 348 g/mol. The molecule has 0 saturated carbocycles. The molecule has 1 aromatic heterocycles. The topological polar surface area (TPSA) is 86.1 Å². The smallest absolute Gasteiger partial charge is 0.365 e. The summed E-state index contributed by atoms with van der Waals surface area (Å²) in [6, 6.07) is 3.17. The van der Waals surface area contributed by atoms with Crippen molar-refractivity contribution in [1.29, 1.82) is 5.26 Å². The lowest BCUT2D eigenvalue weighted by molar-refractivity contribution is -0.141. The van der Waals surface area contributed by atoms with Gasteiger partial charge in [0, 0.05) is 19.1 Å². The molecule has 126 valence electrons. The Balaban J connectivity index is 2.23. The molecule has 1 saturated heterocycles. The van der Waals surface area contributed by atoms with Crippen molar-refractivity contribution >= 4 is 15.8 Å². The van der Waals surface area contributed by atoms with Crippen molar-refractivity contribution < 1.29 is 21.6 Å². The van der Waals surface area contributed by atoms with Crippen molar-refractivity contribution in [1.82, 2.24) is 9.29 Å². The predicted molar refractivity (Wildman–Crippen MR) is 77.0 cm³/mol. The maximum atomic E-state index is 12.7. The number of rotatable bonds is 3. The molecule has 2 rings (SSSR count). The summed E-state index contributed by atoms with van der Waals surface area (Å²) in [4.78, 5) is 3.47. The van der Waals surface area contributed by atoms with Crippen LogP contribution in [0.3, 0.4) is 0 Å². The van der Waals surface area contributed by atoms with Gasteiger partial charge in [-0.1, -0.05) is 0 Å². The van der Waals surface area contributed by atoms with Crippen LogP contribution in [-0.4, -0.2) is 43.1 Å². The molecule has 6 nitrogen and oxygen atoms in total. The monoisotopic (exact) mass is 348 g/mol. The van der Waals surface area contributed by atoms with Crippen molar-refractivity contribution in [3.63, 3.8) is 0 Å². The van der Waals surface area contributed by atoms with Gasteiger partial charge in [0.15, 0.2) is 0 Å². The number of hydrogen-bond acceptors (Lipinski definition) is 5. The Kier molecular flexibility index (Phi) is 4.81. The maximum Gasteiger partial charge on any atom is 0.433 e. The molecule has 1 fully saturated rings. The Bertz CT molecular complexity index is 728. The van der Waals surface area contributed by atoms with E-state index >= 15 is 0 Å². The van der Waals surface area contributed by atoms with Crippen LogP contribution >= 0.6 is 0 Å². The van der Waals surface area contributed by atoms with Gasteiger partial charge in [0.2, 0.25) is 10.0 Å². The molecular formula is C13H15F3N4O2S. The number of nitrogens with zero attached hydrogens (tertiary/aromatic N) is 3. The van der Waals surface area contributed by atoms with Gasteiger partial charge in [-0.05, 0) is 25.0 Å². The highest BCUT2D eigenvalue weighted by molar-refractivity contribution is 7.88. The lowest BCUT2D eigenvalue weighted by atomic mass is 10.1. The molecule has 0 spiro atoms. The molecule has 0 bridgehead atoms. The van der Waals surface area contributed by atoms with Crippen molar-refractivity contribution in [3.05, 3.63) is 23.4 Å². The third-order valence-electron chi connectivity index (χ3n) is 3.50.